The van der Waals surface area contributed by atoms with Gasteiger partial charge < -0.3 is 25.0 Å². The maximum Gasteiger partial charge on any atom is 0.191 e. The van der Waals surface area contributed by atoms with E-state index in [-0.39, 0.29) is 11.0 Å². The SMILES string of the molecule is CCNC(=NCC1(N(C)C)CCOCC1)NC1CC(OCC)C1(CC)CC. The molecule has 0 amide bonds. The molecule has 1 aliphatic carbocycles. The van der Waals surface area contributed by atoms with Gasteiger partial charge in [-0.25, -0.2) is 0 Å². The minimum atomic E-state index is 0.0979. The zero-order chi connectivity index (χ0) is 19.9. The lowest BCUT2D eigenvalue weighted by atomic mass is 9.58. The minimum Gasteiger partial charge on any atom is -0.381 e. The molecule has 6 nitrogen and oxygen atoms in total. The van der Waals surface area contributed by atoms with Gasteiger partial charge in [0.15, 0.2) is 5.96 Å². The Bertz CT molecular complexity index is 471. The van der Waals surface area contributed by atoms with Crippen LogP contribution in [0.5, 0.6) is 0 Å². The Hall–Kier alpha value is -0.850. The molecule has 2 fully saturated rings. The quantitative estimate of drug-likeness (QED) is 0.474. The van der Waals surface area contributed by atoms with Crippen LogP contribution in [-0.2, 0) is 9.47 Å². The van der Waals surface area contributed by atoms with Crippen LogP contribution in [0.3, 0.4) is 0 Å². The van der Waals surface area contributed by atoms with Crippen molar-refractivity contribution >= 4 is 5.96 Å². The van der Waals surface area contributed by atoms with E-state index in [1.807, 2.05) is 0 Å². The van der Waals surface area contributed by atoms with E-state index in [0.29, 0.717) is 12.1 Å². The molecule has 27 heavy (non-hydrogen) atoms. The number of ether oxygens (including phenoxy) is 2. The summed E-state index contributed by atoms with van der Waals surface area (Å²) >= 11 is 0. The van der Waals surface area contributed by atoms with E-state index in [1.54, 1.807) is 0 Å². The van der Waals surface area contributed by atoms with Gasteiger partial charge in [-0.15, -0.1) is 0 Å². The predicted molar refractivity (Wildman–Crippen MR) is 112 cm³/mol. The first kappa shape index (κ1) is 22.4. The third kappa shape index (κ3) is 4.77. The highest BCUT2D eigenvalue weighted by molar-refractivity contribution is 5.80. The van der Waals surface area contributed by atoms with Gasteiger partial charge in [-0.3, -0.25) is 4.99 Å². The molecule has 0 aromatic heterocycles. The van der Waals surface area contributed by atoms with Crippen LogP contribution in [-0.4, -0.2) is 75.5 Å². The number of guanidine groups is 1. The molecule has 6 heteroatoms. The maximum absolute atomic E-state index is 6.03. The van der Waals surface area contributed by atoms with Gasteiger partial charge in [0.1, 0.15) is 0 Å². The Kier molecular flexibility index (Phi) is 8.38. The molecule has 2 aliphatic rings. The van der Waals surface area contributed by atoms with Gasteiger partial charge in [-0.2, -0.15) is 0 Å². The van der Waals surface area contributed by atoms with Crippen LogP contribution in [0.15, 0.2) is 4.99 Å². The normalized spacial score (nSPS) is 27.3. The van der Waals surface area contributed by atoms with Crippen LogP contribution in [0.25, 0.3) is 0 Å². The standard InChI is InChI=1S/C21H42N4O2/c1-7-21(8-2)17(15-18(21)27-10-4)24-19(22-9-3)23-16-20(25(5)6)11-13-26-14-12-20/h17-18H,7-16H2,1-6H3,(H2,22,23,24). The smallest absolute Gasteiger partial charge is 0.191 e. The lowest BCUT2D eigenvalue weighted by Crippen LogP contribution is -2.65. The number of nitrogens with one attached hydrogen (secondary N) is 2. The van der Waals surface area contributed by atoms with Crippen molar-refractivity contribution in [2.45, 2.75) is 77.5 Å². The lowest BCUT2D eigenvalue weighted by molar-refractivity contribution is -0.133. The molecule has 2 N–H and O–H groups in total. The molecule has 1 heterocycles. The first-order chi connectivity index (χ1) is 13.0. The predicted octanol–water partition coefficient (Wildman–Crippen LogP) is 2.64. The van der Waals surface area contributed by atoms with Gasteiger partial charge in [0, 0.05) is 43.4 Å². The van der Waals surface area contributed by atoms with Crippen LogP contribution in [0, 0.1) is 5.41 Å². The van der Waals surface area contributed by atoms with Crippen LogP contribution in [0.2, 0.25) is 0 Å². The summed E-state index contributed by atoms with van der Waals surface area (Å²) in [4.78, 5) is 7.35. The number of nitrogens with zero attached hydrogens (tertiary/aromatic N) is 2. The highest BCUT2D eigenvalue weighted by atomic mass is 16.5. The number of aliphatic imine (C=N–C) groups is 1. The van der Waals surface area contributed by atoms with Crippen molar-refractivity contribution in [1.29, 1.82) is 0 Å². The molecule has 0 aromatic carbocycles. The Balaban J connectivity index is 2.09. The summed E-state index contributed by atoms with van der Waals surface area (Å²) in [6.45, 7) is 12.9. The van der Waals surface area contributed by atoms with E-state index in [9.17, 15) is 0 Å². The van der Waals surface area contributed by atoms with Gasteiger partial charge >= 0.3 is 0 Å². The molecule has 1 saturated heterocycles. The topological polar surface area (TPSA) is 58.1 Å². The average molecular weight is 383 g/mol. The van der Waals surface area contributed by atoms with Crippen LogP contribution < -0.4 is 10.6 Å². The first-order valence-electron chi connectivity index (χ1n) is 10.9. The van der Waals surface area contributed by atoms with Gasteiger partial charge in [-0.1, -0.05) is 13.8 Å². The molecule has 0 radical (unpaired) electrons. The van der Waals surface area contributed by atoms with Crippen LogP contribution >= 0.6 is 0 Å². The van der Waals surface area contributed by atoms with E-state index in [4.69, 9.17) is 14.5 Å². The second kappa shape index (κ2) is 10.1. The molecule has 158 valence electrons. The molecule has 0 aromatic rings. The van der Waals surface area contributed by atoms with E-state index in [2.05, 4.69) is 57.3 Å². The van der Waals surface area contributed by atoms with Gasteiger partial charge in [0.05, 0.1) is 12.6 Å². The molecule has 0 spiro atoms. The fourth-order valence-electron chi connectivity index (χ4n) is 4.79. The number of hydrogen-bond acceptors (Lipinski definition) is 4. The molecule has 1 aliphatic heterocycles. The van der Waals surface area contributed by atoms with E-state index < -0.39 is 0 Å². The van der Waals surface area contributed by atoms with Crippen molar-refractivity contribution in [3.8, 4) is 0 Å². The van der Waals surface area contributed by atoms with Crippen LogP contribution in [0.4, 0.5) is 0 Å². The fourth-order valence-corrected chi connectivity index (χ4v) is 4.79. The highest BCUT2D eigenvalue weighted by Crippen LogP contribution is 2.48. The van der Waals surface area contributed by atoms with Crippen molar-refractivity contribution < 1.29 is 9.47 Å². The zero-order valence-corrected chi connectivity index (χ0v) is 18.4. The second-order valence-corrected chi connectivity index (χ2v) is 8.24. The van der Waals surface area contributed by atoms with Gasteiger partial charge in [0.25, 0.3) is 0 Å². The van der Waals surface area contributed by atoms with E-state index >= 15 is 0 Å². The lowest BCUT2D eigenvalue weighted by Gasteiger charge is -2.55. The average Bonchev–Trinajstić information content (AvgIpc) is 2.67. The van der Waals surface area contributed by atoms with Crippen molar-refractivity contribution in [3.63, 3.8) is 0 Å². The molecule has 2 rings (SSSR count). The van der Waals surface area contributed by atoms with Crippen molar-refractivity contribution in [2.75, 3.05) is 47.0 Å². The van der Waals surface area contributed by atoms with Crippen LogP contribution in [0.1, 0.15) is 59.8 Å². The second-order valence-electron chi connectivity index (χ2n) is 8.24. The summed E-state index contributed by atoms with van der Waals surface area (Å²) in [6, 6.07) is 0.423. The number of rotatable bonds is 9. The molecule has 1 saturated carbocycles. The number of likely N-dealkylation sites (N-methyl/N-ethyl adjacent to an activating group) is 1. The Morgan fingerprint density at radius 2 is 1.81 bits per heavy atom. The van der Waals surface area contributed by atoms with Gasteiger partial charge in [-0.05, 0) is 60.0 Å². The largest absolute Gasteiger partial charge is 0.381 e. The summed E-state index contributed by atoms with van der Waals surface area (Å²) in [5, 5.41) is 7.20. The first-order valence-corrected chi connectivity index (χ1v) is 10.9. The Labute approximate surface area is 166 Å². The summed E-state index contributed by atoms with van der Waals surface area (Å²) < 4.78 is 11.6. The Morgan fingerprint density at radius 3 is 2.33 bits per heavy atom. The molecule has 2 atom stereocenters. The van der Waals surface area contributed by atoms with Gasteiger partial charge in [0.2, 0.25) is 0 Å². The summed E-state index contributed by atoms with van der Waals surface area (Å²) in [5.74, 6) is 0.941. The number of hydrogen-bond donors (Lipinski definition) is 2. The summed E-state index contributed by atoms with van der Waals surface area (Å²) in [7, 11) is 4.33. The third-order valence-corrected chi connectivity index (χ3v) is 7.03. The van der Waals surface area contributed by atoms with Crippen molar-refractivity contribution in [3.05, 3.63) is 0 Å². The zero-order valence-electron chi connectivity index (χ0n) is 18.4. The monoisotopic (exact) mass is 382 g/mol. The molecule has 2 unspecified atom stereocenters. The van der Waals surface area contributed by atoms with E-state index in [1.165, 1.54) is 0 Å². The summed E-state index contributed by atoms with van der Waals surface area (Å²) in [5.41, 5.74) is 0.310. The summed E-state index contributed by atoms with van der Waals surface area (Å²) in [6.07, 6.45) is 5.75. The third-order valence-electron chi connectivity index (χ3n) is 7.03. The molecular weight excluding hydrogens is 340 g/mol. The molecule has 0 bridgehead atoms. The maximum atomic E-state index is 6.03. The van der Waals surface area contributed by atoms with Crippen molar-refractivity contribution in [1.82, 2.24) is 15.5 Å². The van der Waals surface area contributed by atoms with E-state index in [0.717, 1.165) is 71.0 Å². The van der Waals surface area contributed by atoms with Crippen molar-refractivity contribution in [2.24, 2.45) is 10.4 Å². The Morgan fingerprint density at radius 1 is 1.15 bits per heavy atom. The highest BCUT2D eigenvalue weighted by Gasteiger charge is 2.53. The molecular formula is C21H42N4O2. The minimum absolute atomic E-state index is 0.0979. The fraction of sp³-hybridized carbons (Fsp3) is 0.952.